The summed E-state index contributed by atoms with van der Waals surface area (Å²) in [7, 11) is -3.62. The van der Waals surface area contributed by atoms with Crippen LogP contribution in [-0.4, -0.2) is 39.5 Å². The first-order valence-corrected chi connectivity index (χ1v) is 8.63. The molecule has 0 radical (unpaired) electrons. The average molecular weight is 361 g/mol. The van der Waals surface area contributed by atoms with Crippen LogP contribution in [0.2, 0.25) is 0 Å². The van der Waals surface area contributed by atoms with Crippen molar-refractivity contribution in [1.82, 2.24) is 19.9 Å². The Bertz CT molecular complexity index is 1100. The second kappa shape index (κ2) is 5.90. The van der Waals surface area contributed by atoms with Crippen molar-refractivity contribution in [3.63, 3.8) is 0 Å². The van der Waals surface area contributed by atoms with Gasteiger partial charge in [0.05, 0.1) is 11.1 Å². The normalized spacial score (nSPS) is 11.4. The Morgan fingerprint density at radius 3 is 2.68 bits per heavy atom. The van der Waals surface area contributed by atoms with Gasteiger partial charge in [0.1, 0.15) is 23.0 Å². The number of anilines is 3. The molecule has 0 aliphatic heterocycles. The lowest BCUT2D eigenvalue weighted by atomic mass is 10.2. The summed E-state index contributed by atoms with van der Waals surface area (Å²) in [5.74, 6) is 0.177. The van der Waals surface area contributed by atoms with Crippen molar-refractivity contribution in [3.8, 4) is 0 Å². The van der Waals surface area contributed by atoms with Crippen molar-refractivity contribution >= 4 is 43.8 Å². The van der Waals surface area contributed by atoms with Gasteiger partial charge < -0.3 is 11.1 Å². The SMILES string of the molecule is CS(=O)(=O)c1ncc2ncnc(Nc3ccc(N)c([N+](=O)[O-])c3)c2n1. The first-order valence-electron chi connectivity index (χ1n) is 6.74. The van der Waals surface area contributed by atoms with Gasteiger partial charge in [-0.2, -0.15) is 0 Å². The number of hydrogen-bond donors (Lipinski definition) is 2. The number of nitrogens with one attached hydrogen (secondary N) is 1. The molecule has 2 aromatic heterocycles. The van der Waals surface area contributed by atoms with Gasteiger partial charge in [-0.05, 0) is 12.1 Å². The van der Waals surface area contributed by atoms with Crippen LogP contribution in [-0.2, 0) is 9.84 Å². The molecule has 0 saturated carbocycles. The van der Waals surface area contributed by atoms with Crippen molar-refractivity contribution in [2.24, 2.45) is 0 Å². The lowest BCUT2D eigenvalue weighted by Gasteiger charge is -2.08. The Balaban J connectivity index is 2.10. The van der Waals surface area contributed by atoms with E-state index in [1.807, 2.05) is 0 Å². The first kappa shape index (κ1) is 16.4. The number of aromatic nitrogens is 4. The van der Waals surface area contributed by atoms with Crippen LogP contribution >= 0.6 is 0 Å². The Kier molecular flexibility index (Phi) is 3.88. The molecule has 12 heteroatoms. The molecule has 25 heavy (non-hydrogen) atoms. The number of nitro groups is 1. The number of nitrogen functional groups attached to an aromatic ring is 1. The van der Waals surface area contributed by atoms with Crippen molar-refractivity contribution in [2.45, 2.75) is 5.16 Å². The minimum absolute atomic E-state index is 0.0183. The Labute approximate surface area is 141 Å². The van der Waals surface area contributed by atoms with E-state index in [1.54, 1.807) is 0 Å². The molecule has 0 aliphatic rings. The van der Waals surface area contributed by atoms with Crippen molar-refractivity contribution in [3.05, 3.63) is 40.8 Å². The standard InChI is InChI=1S/C13H11N7O4S/c1-25(23,24)13-15-5-9-11(19-13)12(17-6-16-9)18-7-2-3-8(14)10(4-7)20(21)22/h2-6H,14H2,1H3,(H,16,17,18). The minimum atomic E-state index is -3.62. The fourth-order valence-electron chi connectivity index (χ4n) is 2.02. The highest BCUT2D eigenvalue weighted by molar-refractivity contribution is 7.90. The molecule has 0 bridgehead atoms. The maximum atomic E-state index is 11.6. The third-order valence-corrected chi connectivity index (χ3v) is 4.04. The summed E-state index contributed by atoms with van der Waals surface area (Å²) < 4.78 is 23.3. The number of nitro benzene ring substituents is 1. The Hall–Kier alpha value is -3.41. The fraction of sp³-hybridized carbons (Fsp3) is 0.0769. The summed E-state index contributed by atoms with van der Waals surface area (Å²) in [5, 5.41) is 13.5. The van der Waals surface area contributed by atoms with Gasteiger partial charge in [-0.3, -0.25) is 10.1 Å². The van der Waals surface area contributed by atoms with E-state index in [9.17, 15) is 18.5 Å². The maximum absolute atomic E-state index is 11.6. The molecule has 0 atom stereocenters. The average Bonchev–Trinajstić information content (AvgIpc) is 2.55. The smallest absolute Gasteiger partial charge is 0.294 e. The molecule has 3 rings (SSSR count). The summed E-state index contributed by atoms with van der Waals surface area (Å²) >= 11 is 0. The summed E-state index contributed by atoms with van der Waals surface area (Å²) in [4.78, 5) is 26.1. The topological polar surface area (TPSA) is 167 Å². The molecule has 1 aromatic carbocycles. The highest BCUT2D eigenvalue weighted by Crippen LogP contribution is 2.28. The zero-order chi connectivity index (χ0) is 18.2. The van der Waals surface area contributed by atoms with Gasteiger partial charge in [-0.15, -0.1) is 0 Å². The molecule has 0 aliphatic carbocycles. The van der Waals surface area contributed by atoms with Gasteiger partial charge >= 0.3 is 0 Å². The predicted octanol–water partition coefficient (Wildman–Crippen LogP) is 1.06. The zero-order valence-electron chi connectivity index (χ0n) is 12.7. The Morgan fingerprint density at radius 1 is 1.24 bits per heavy atom. The van der Waals surface area contributed by atoms with Crippen LogP contribution in [0.15, 0.2) is 35.9 Å². The molecule has 128 valence electrons. The minimum Gasteiger partial charge on any atom is -0.393 e. The van der Waals surface area contributed by atoms with E-state index in [0.29, 0.717) is 11.2 Å². The Morgan fingerprint density at radius 2 is 2.00 bits per heavy atom. The lowest BCUT2D eigenvalue weighted by Crippen LogP contribution is -2.06. The summed E-state index contributed by atoms with van der Waals surface area (Å²) in [6.45, 7) is 0. The van der Waals surface area contributed by atoms with Gasteiger partial charge in [-0.25, -0.2) is 28.4 Å². The van der Waals surface area contributed by atoms with E-state index in [4.69, 9.17) is 5.73 Å². The monoisotopic (exact) mass is 361 g/mol. The van der Waals surface area contributed by atoms with E-state index >= 15 is 0 Å². The molecule has 0 fully saturated rings. The highest BCUT2D eigenvalue weighted by Gasteiger charge is 2.16. The van der Waals surface area contributed by atoms with E-state index in [1.165, 1.54) is 30.7 Å². The molecule has 11 nitrogen and oxygen atoms in total. The molecule has 0 spiro atoms. The van der Waals surface area contributed by atoms with Gasteiger partial charge in [0, 0.05) is 18.0 Å². The fourth-order valence-corrected chi connectivity index (χ4v) is 2.53. The van der Waals surface area contributed by atoms with Gasteiger partial charge in [-0.1, -0.05) is 0 Å². The van der Waals surface area contributed by atoms with Crippen LogP contribution in [0, 0.1) is 10.1 Å². The summed E-state index contributed by atoms with van der Waals surface area (Å²) in [5.41, 5.74) is 6.12. The molecular weight excluding hydrogens is 350 g/mol. The second-order valence-electron chi connectivity index (χ2n) is 5.04. The number of rotatable bonds is 4. The highest BCUT2D eigenvalue weighted by atomic mass is 32.2. The zero-order valence-corrected chi connectivity index (χ0v) is 13.6. The molecule has 0 saturated heterocycles. The van der Waals surface area contributed by atoms with Crippen LogP contribution in [0.4, 0.5) is 22.9 Å². The van der Waals surface area contributed by atoms with Crippen LogP contribution in [0.1, 0.15) is 0 Å². The van der Waals surface area contributed by atoms with Crippen LogP contribution in [0.3, 0.4) is 0 Å². The molecule has 3 N–H and O–H groups in total. The van der Waals surface area contributed by atoms with Gasteiger partial charge in [0.2, 0.25) is 15.0 Å². The number of sulfone groups is 1. The third kappa shape index (κ3) is 3.28. The van der Waals surface area contributed by atoms with E-state index in [0.717, 1.165) is 6.26 Å². The van der Waals surface area contributed by atoms with Crippen molar-refractivity contribution < 1.29 is 13.3 Å². The number of fused-ring (bicyclic) bond motifs is 1. The third-order valence-electron chi connectivity index (χ3n) is 3.18. The molecular formula is C13H11N7O4S. The number of nitrogens with zero attached hydrogens (tertiary/aromatic N) is 5. The molecule has 0 unspecified atom stereocenters. The maximum Gasteiger partial charge on any atom is 0.294 e. The molecule has 0 amide bonds. The quantitative estimate of drug-likeness (QED) is 0.296. The molecule has 2 heterocycles. The van der Waals surface area contributed by atoms with Crippen molar-refractivity contribution in [1.29, 1.82) is 0 Å². The van der Waals surface area contributed by atoms with Crippen LogP contribution < -0.4 is 11.1 Å². The number of hydrogen-bond acceptors (Lipinski definition) is 10. The first-order chi connectivity index (χ1) is 11.8. The lowest BCUT2D eigenvalue weighted by molar-refractivity contribution is -0.383. The van der Waals surface area contributed by atoms with Gasteiger partial charge in [0.25, 0.3) is 5.69 Å². The van der Waals surface area contributed by atoms with Crippen molar-refractivity contribution in [2.75, 3.05) is 17.3 Å². The van der Waals surface area contributed by atoms with E-state index < -0.39 is 14.8 Å². The molecule has 3 aromatic rings. The number of nitrogens with two attached hydrogens (primary N) is 1. The van der Waals surface area contributed by atoms with E-state index in [-0.39, 0.29) is 27.9 Å². The van der Waals surface area contributed by atoms with Crippen LogP contribution in [0.25, 0.3) is 11.0 Å². The van der Waals surface area contributed by atoms with E-state index in [2.05, 4.69) is 25.3 Å². The number of benzene rings is 1. The summed E-state index contributed by atoms with van der Waals surface area (Å²) in [6.07, 6.45) is 3.48. The summed E-state index contributed by atoms with van der Waals surface area (Å²) in [6, 6.07) is 4.14. The second-order valence-corrected chi connectivity index (χ2v) is 6.95. The van der Waals surface area contributed by atoms with Crippen LogP contribution in [0.5, 0.6) is 0 Å². The largest absolute Gasteiger partial charge is 0.393 e. The van der Waals surface area contributed by atoms with Gasteiger partial charge in [0.15, 0.2) is 5.82 Å². The predicted molar refractivity (Wildman–Crippen MR) is 89.0 cm³/mol.